The first-order chi connectivity index (χ1) is 9.57. The Morgan fingerprint density at radius 1 is 1.30 bits per heavy atom. The van der Waals surface area contributed by atoms with Crippen LogP contribution in [-0.4, -0.2) is 29.9 Å². The number of piperidine rings is 1. The Bertz CT molecular complexity index is 440. The van der Waals surface area contributed by atoms with Crippen LogP contribution in [0, 0.1) is 0 Å². The summed E-state index contributed by atoms with van der Waals surface area (Å²) in [5, 5.41) is 0. The van der Waals surface area contributed by atoms with E-state index in [2.05, 4.69) is 4.90 Å². The average molecular weight is 274 g/mol. The van der Waals surface area contributed by atoms with E-state index in [1.165, 1.54) is 6.42 Å². The largest absolute Gasteiger partial charge is 0.339 e. The Morgan fingerprint density at radius 2 is 2.00 bits per heavy atom. The molecule has 1 aromatic rings. The van der Waals surface area contributed by atoms with Crippen molar-refractivity contribution in [3.63, 3.8) is 0 Å². The van der Waals surface area contributed by atoms with Gasteiger partial charge in [-0.3, -0.25) is 4.79 Å². The molecule has 2 N–H and O–H groups in total. The van der Waals surface area contributed by atoms with Crippen molar-refractivity contribution in [2.24, 2.45) is 5.73 Å². The average Bonchev–Trinajstić information content (AvgIpc) is 2.48. The van der Waals surface area contributed by atoms with Crippen LogP contribution in [0.15, 0.2) is 30.3 Å². The molecule has 3 nitrogen and oxygen atoms in total. The lowest BCUT2D eigenvalue weighted by atomic mass is 9.82. The second kappa shape index (κ2) is 6.40. The van der Waals surface area contributed by atoms with Crippen LogP contribution in [0.5, 0.6) is 0 Å². The summed E-state index contributed by atoms with van der Waals surface area (Å²) < 4.78 is 0. The standard InChI is InChI=1S/C17H26N2O/c1-17(2,14-8-4-3-5-9-14)16(20)19-13-7-6-10-15(19)11-12-18/h3-5,8-9,15H,6-7,10-13,18H2,1-2H3. The van der Waals surface area contributed by atoms with Gasteiger partial charge in [0.2, 0.25) is 5.91 Å². The minimum Gasteiger partial charge on any atom is -0.339 e. The summed E-state index contributed by atoms with van der Waals surface area (Å²) in [6.07, 6.45) is 4.32. The van der Waals surface area contributed by atoms with Crippen molar-refractivity contribution in [1.29, 1.82) is 0 Å². The highest BCUT2D eigenvalue weighted by Crippen LogP contribution is 2.29. The predicted octanol–water partition coefficient (Wildman–Crippen LogP) is 2.69. The maximum Gasteiger partial charge on any atom is 0.232 e. The summed E-state index contributed by atoms with van der Waals surface area (Å²) in [5.41, 5.74) is 6.32. The number of nitrogens with zero attached hydrogens (tertiary/aromatic N) is 1. The predicted molar refractivity (Wildman–Crippen MR) is 82.5 cm³/mol. The van der Waals surface area contributed by atoms with Gasteiger partial charge in [0.05, 0.1) is 5.41 Å². The number of carbonyl (C=O) groups excluding carboxylic acids is 1. The molecule has 0 saturated carbocycles. The maximum absolute atomic E-state index is 13.0. The summed E-state index contributed by atoms with van der Waals surface area (Å²) in [7, 11) is 0. The molecule has 1 amide bonds. The number of carbonyl (C=O) groups is 1. The van der Waals surface area contributed by atoms with Gasteiger partial charge in [0.25, 0.3) is 0 Å². The molecular formula is C17H26N2O. The molecule has 20 heavy (non-hydrogen) atoms. The topological polar surface area (TPSA) is 46.3 Å². The molecule has 1 heterocycles. The second-order valence-electron chi connectivity index (χ2n) is 6.22. The molecule has 2 rings (SSSR count). The quantitative estimate of drug-likeness (QED) is 0.917. The lowest BCUT2D eigenvalue weighted by Crippen LogP contribution is -2.51. The van der Waals surface area contributed by atoms with Crippen LogP contribution in [-0.2, 0) is 10.2 Å². The van der Waals surface area contributed by atoms with Crippen molar-refractivity contribution in [3.05, 3.63) is 35.9 Å². The highest BCUT2D eigenvalue weighted by molar-refractivity contribution is 5.87. The summed E-state index contributed by atoms with van der Waals surface area (Å²) in [4.78, 5) is 15.1. The maximum atomic E-state index is 13.0. The van der Waals surface area contributed by atoms with Crippen molar-refractivity contribution < 1.29 is 4.79 Å². The van der Waals surface area contributed by atoms with Crippen molar-refractivity contribution >= 4 is 5.91 Å². The van der Waals surface area contributed by atoms with Gasteiger partial charge in [-0.05, 0) is 51.6 Å². The molecule has 0 aromatic heterocycles. The highest BCUT2D eigenvalue weighted by Gasteiger charge is 2.37. The number of likely N-dealkylation sites (tertiary alicyclic amines) is 1. The van der Waals surface area contributed by atoms with Crippen LogP contribution in [0.1, 0.15) is 45.1 Å². The van der Waals surface area contributed by atoms with Crippen molar-refractivity contribution in [2.75, 3.05) is 13.1 Å². The molecule has 1 aliphatic rings. The first-order valence-corrected chi connectivity index (χ1v) is 7.64. The van der Waals surface area contributed by atoms with Crippen LogP contribution < -0.4 is 5.73 Å². The van der Waals surface area contributed by atoms with Gasteiger partial charge in [-0.1, -0.05) is 30.3 Å². The number of hydrogen-bond donors (Lipinski definition) is 1. The first-order valence-electron chi connectivity index (χ1n) is 7.64. The number of amides is 1. The zero-order valence-corrected chi connectivity index (χ0v) is 12.6. The molecule has 1 aromatic carbocycles. The third-order valence-corrected chi connectivity index (χ3v) is 4.42. The van der Waals surface area contributed by atoms with E-state index in [0.29, 0.717) is 12.6 Å². The SMILES string of the molecule is CC(C)(C(=O)N1CCCCC1CCN)c1ccccc1. The van der Waals surface area contributed by atoms with Gasteiger partial charge in [0.1, 0.15) is 0 Å². The molecule has 1 atom stereocenters. The monoisotopic (exact) mass is 274 g/mol. The molecule has 3 heteroatoms. The zero-order valence-electron chi connectivity index (χ0n) is 12.6. The van der Waals surface area contributed by atoms with Gasteiger partial charge in [0.15, 0.2) is 0 Å². The third-order valence-electron chi connectivity index (χ3n) is 4.42. The van der Waals surface area contributed by atoms with E-state index in [4.69, 9.17) is 5.73 Å². The minimum absolute atomic E-state index is 0.238. The summed E-state index contributed by atoms with van der Waals surface area (Å²) in [6.45, 7) is 5.58. The summed E-state index contributed by atoms with van der Waals surface area (Å²) >= 11 is 0. The smallest absolute Gasteiger partial charge is 0.232 e. The first kappa shape index (κ1) is 15.0. The Labute approximate surface area is 122 Å². The van der Waals surface area contributed by atoms with E-state index in [-0.39, 0.29) is 5.91 Å². The fourth-order valence-corrected chi connectivity index (χ4v) is 3.10. The van der Waals surface area contributed by atoms with Crippen LogP contribution in [0.3, 0.4) is 0 Å². The molecule has 0 bridgehead atoms. The van der Waals surface area contributed by atoms with Gasteiger partial charge < -0.3 is 10.6 Å². The Balaban J connectivity index is 2.20. The van der Waals surface area contributed by atoms with E-state index < -0.39 is 5.41 Å². The van der Waals surface area contributed by atoms with E-state index in [0.717, 1.165) is 31.4 Å². The number of rotatable bonds is 4. The van der Waals surface area contributed by atoms with Gasteiger partial charge in [0, 0.05) is 12.6 Å². The van der Waals surface area contributed by atoms with Crippen LogP contribution in [0.2, 0.25) is 0 Å². The van der Waals surface area contributed by atoms with Gasteiger partial charge in [-0.25, -0.2) is 0 Å². The van der Waals surface area contributed by atoms with Crippen molar-refractivity contribution in [3.8, 4) is 0 Å². The Hall–Kier alpha value is -1.35. The van der Waals surface area contributed by atoms with E-state index in [9.17, 15) is 4.79 Å². The van der Waals surface area contributed by atoms with Crippen LogP contribution in [0.4, 0.5) is 0 Å². The lowest BCUT2D eigenvalue weighted by molar-refractivity contribution is -0.140. The zero-order chi connectivity index (χ0) is 14.6. The van der Waals surface area contributed by atoms with Crippen molar-refractivity contribution in [2.45, 2.75) is 51.0 Å². The molecule has 1 saturated heterocycles. The minimum atomic E-state index is -0.467. The van der Waals surface area contributed by atoms with Gasteiger partial charge in [-0.15, -0.1) is 0 Å². The Morgan fingerprint density at radius 3 is 2.65 bits per heavy atom. The summed E-state index contributed by atoms with van der Waals surface area (Å²) in [5.74, 6) is 0.238. The number of benzene rings is 1. The normalized spacial score (nSPS) is 19.9. The van der Waals surface area contributed by atoms with E-state index in [1.54, 1.807) is 0 Å². The van der Waals surface area contributed by atoms with Crippen LogP contribution >= 0.6 is 0 Å². The van der Waals surface area contributed by atoms with Crippen LogP contribution in [0.25, 0.3) is 0 Å². The molecule has 0 spiro atoms. The Kier molecular flexibility index (Phi) is 4.81. The molecule has 0 aliphatic carbocycles. The highest BCUT2D eigenvalue weighted by atomic mass is 16.2. The fourth-order valence-electron chi connectivity index (χ4n) is 3.10. The molecule has 1 fully saturated rings. The third kappa shape index (κ3) is 3.04. The van der Waals surface area contributed by atoms with Gasteiger partial charge in [-0.2, -0.15) is 0 Å². The number of nitrogens with two attached hydrogens (primary N) is 1. The summed E-state index contributed by atoms with van der Waals surface area (Å²) in [6, 6.07) is 10.4. The molecule has 1 aliphatic heterocycles. The molecule has 110 valence electrons. The van der Waals surface area contributed by atoms with Crippen molar-refractivity contribution in [1.82, 2.24) is 4.90 Å². The van der Waals surface area contributed by atoms with Gasteiger partial charge >= 0.3 is 0 Å². The fraction of sp³-hybridized carbons (Fsp3) is 0.588. The molecular weight excluding hydrogens is 248 g/mol. The van der Waals surface area contributed by atoms with E-state index >= 15 is 0 Å². The number of hydrogen-bond acceptors (Lipinski definition) is 2. The molecule has 1 unspecified atom stereocenters. The lowest BCUT2D eigenvalue weighted by Gasteiger charge is -2.40. The van der Waals surface area contributed by atoms with E-state index in [1.807, 2.05) is 44.2 Å². The molecule has 0 radical (unpaired) electrons. The second-order valence-corrected chi connectivity index (χ2v) is 6.22.